The number of hydrogen-bond donors (Lipinski definition) is 0. The van der Waals surface area contributed by atoms with E-state index in [1.165, 1.54) is 0 Å². The largest absolute Gasteiger partial charge is 0.542 e. The number of azo groups is 1. The Bertz CT molecular complexity index is 208. The van der Waals surface area contributed by atoms with E-state index in [-0.39, 0.29) is 11.3 Å². The van der Waals surface area contributed by atoms with Gasteiger partial charge in [-0.1, -0.05) is 0 Å². The fraction of sp³-hybridized carbons (Fsp3) is 0. The molecule has 0 saturated carbocycles. The number of amidine groups is 1. The monoisotopic (exact) mass is 129 g/mol. The normalized spacial score (nSPS) is 16.1. The molecule has 1 aliphatic rings. The first kappa shape index (κ1) is 5.08. The van der Waals surface area contributed by atoms with E-state index in [4.69, 9.17) is 17.1 Å². The molecule has 0 aromatic carbocycles. The quantitative estimate of drug-likeness (QED) is 0.261. The molecular formula is C2ClN5. The lowest BCUT2D eigenvalue weighted by molar-refractivity contribution is -0.00828. The van der Waals surface area contributed by atoms with Gasteiger partial charge in [0.05, 0.1) is 5.11 Å². The van der Waals surface area contributed by atoms with Gasteiger partial charge in [-0.3, -0.25) is 0 Å². The highest BCUT2D eigenvalue weighted by Crippen LogP contribution is 1.98. The lowest BCUT2D eigenvalue weighted by Crippen LogP contribution is -1.82. The Morgan fingerprint density at radius 2 is 2.25 bits per heavy atom. The minimum Gasteiger partial charge on any atom is -0.542 e. The number of nitrogens with zero attached hydrogens (tertiary/aromatic N) is 5. The predicted molar refractivity (Wildman–Crippen MR) is 26.8 cm³/mol. The Kier molecular flexibility index (Phi) is 1.15. The third-order valence-electron chi connectivity index (χ3n) is 0.504. The Balaban J connectivity index is 3.01. The van der Waals surface area contributed by atoms with Crippen LogP contribution in [0.5, 0.6) is 0 Å². The molecule has 6 heteroatoms. The van der Waals surface area contributed by atoms with Crippen molar-refractivity contribution in [2.75, 3.05) is 0 Å². The third-order valence-corrected chi connectivity index (χ3v) is 0.664. The van der Waals surface area contributed by atoms with Crippen molar-refractivity contribution >= 4 is 22.9 Å². The molecule has 0 spiro atoms. The summed E-state index contributed by atoms with van der Waals surface area (Å²) in [5.74, 6) is -0.116. The number of aliphatic imine (C=N–C) groups is 1. The summed E-state index contributed by atoms with van der Waals surface area (Å²) in [5.41, 5.74) is 7.95. The third kappa shape index (κ3) is 0.776. The summed E-state index contributed by atoms with van der Waals surface area (Å²) in [6.45, 7) is 0. The topological polar surface area (TPSA) is 73.5 Å². The zero-order chi connectivity index (χ0) is 5.98. The van der Waals surface area contributed by atoms with Crippen molar-refractivity contribution in [2.24, 2.45) is 15.2 Å². The van der Waals surface area contributed by atoms with Gasteiger partial charge < -0.3 is 10.3 Å². The van der Waals surface area contributed by atoms with E-state index >= 15 is 0 Å². The molecule has 0 N–H and O–H groups in total. The molecular weight excluding hydrogens is 130 g/mol. The second-order valence-corrected chi connectivity index (χ2v) is 1.32. The predicted octanol–water partition coefficient (Wildman–Crippen LogP) is 0.633. The number of guanidine groups is 1. The molecule has 1 rings (SSSR count). The standard InChI is InChI=1S/C2ClN5/c3-1-5-2(6-4)8-7-1. The fourth-order valence-corrected chi connectivity index (χ4v) is 0.369. The maximum atomic E-state index is 7.95. The molecule has 0 atom stereocenters. The van der Waals surface area contributed by atoms with Crippen LogP contribution in [0.3, 0.4) is 0 Å². The van der Waals surface area contributed by atoms with Gasteiger partial charge in [-0.2, -0.15) is 0 Å². The van der Waals surface area contributed by atoms with Crippen LogP contribution in [-0.4, -0.2) is 16.0 Å². The fourth-order valence-electron chi connectivity index (χ4n) is 0.256. The molecule has 0 aromatic heterocycles. The number of hydrogen-bond acceptors (Lipinski definition) is 1. The molecule has 8 heavy (non-hydrogen) atoms. The molecule has 0 aromatic rings. The van der Waals surface area contributed by atoms with Gasteiger partial charge in [-0.15, -0.1) is 0 Å². The smallest absolute Gasteiger partial charge is 0.531 e. The summed E-state index contributed by atoms with van der Waals surface area (Å²) < 4.78 is 0. The van der Waals surface area contributed by atoms with E-state index in [0.717, 1.165) is 0 Å². The average molecular weight is 130 g/mol. The molecule has 0 amide bonds. The van der Waals surface area contributed by atoms with Gasteiger partial charge in [0, 0.05) is 0 Å². The second-order valence-electron chi connectivity index (χ2n) is 0.981. The van der Waals surface area contributed by atoms with Gasteiger partial charge in [0.2, 0.25) is 0 Å². The lowest BCUT2D eigenvalue weighted by Gasteiger charge is -1.58. The summed E-state index contributed by atoms with van der Waals surface area (Å²) in [5, 5.41) is 6.45. The molecule has 0 radical (unpaired) electrons. The first-order chi connectivity index (χ1) is 3.83. The molecule has 1 aliphatic heterocycles. The van der Waals surface area contributed by atoms with Crippen molar-refractivity contribution in [2.45, 2.75) is 0 Å². The lowest BCUT2D eigenvalue weighted by atomic mass is 11.1. The van der Waals surface area contributed by atoms with Gasteiger partial charge in [0.25, 0.3) is 0 Å². The van der Waals surface area contributed by atoms with Crippen LogP contribution in [0.4, 0.5) is 0 Å². The summed E-state index contributed by atoms with van der Waals surface area (Å²) in [7, 11) is 0. The van der Waals surface area contributed by atoms with E-state index in [1.807, 2.05) is 0 Å². The molecule has 40 valence electrons. The minimum atomic E-state index is -0.116. The summed E-state index contributed by atoms with van der Waals surface area (Å²) in [6.07, 6.45) is 0. The highest BCUT2D eigenvalue weighted by atomic mass is 35.5. The zero-order valence-corrected chi connectivity index (χ0v) is 4.37. The van der Waals surface area contributed by atoms with Gasteiger partial charge in [0.1, 0.15) is 0 Å². The average Bonchev–Trinajstić information content (AvgIpc) is 2.14. The maximum Gasteiger partial charge on any atom is 0.531 e. The van der Waals surface area contributed by atoms with E-state index in [1.54, 1.807) is 0 Å². The summed E-state index contributed by atoms with van der Waals surface area (Å²) >= 11 is 5.18. The van der Waals surface area contributed by atoms with Crippen LogP contribution in [0, 0.1) is 0 Å². The van der Waals surface area contributed by atoms with Gasteiger partial charge in [-0.25, -0.2) is 0 Å². The van der Waals surface area contributed by atoms with Crippen LogP contribution in [0.15, 0.2) is 15.2 Å². The highest BCUT2D eigenvalue weighted by molar-refractivity contribution is 6.66. The highest BCUT2D eigenvalue weighted by Gasteiger charge is 2.16. The Morgan fingerprint density at radius 1 is 1.50 bits per heavy atom. The Labute approximate surface area is 49.3 Å². The van der Waals surface area contributed by atoms with Crippen molar-refractivity contribution in [1.29, 1.82) is 0 Å². The van der Waals surface area contributed by atoms with Crippen LogP contribution >= 0.6 is 11.6 Å². The van der Waals surface area contributed by atoms with Crippen LogP contribution in [0.2, 0.25) is 0 Å². The maximum absolute atomic E-state index is 7.95. The Morgan fingerprint density at radius 3 is 2.50 bits per heavy atom. The SMILES string of the molecule is [N-]=[N+]=C1N=NC(Cl)=N1. The minimum absolute atomic E-state index is 0.0159. The van der Waals surface area contributed by atoms with E-state index in [0.29, 0.717) is 0 Å². The second kappa shape index (κ2) is 1.81. The van der Waals surface area contributed by atoms with Crippen molar-refractivity contribution in [3.05, 3.63) is 5.53 Å². The van der Waals surface area contributed by atoms with E-state index in [2.05, 4.69) is 20.0 Å². The molecule has 0 fully saturated rings. The summed E-state index contributed by atoms with van der Waals surface area (Å²) in [6, 6.07) is 0. The first-order valence-electron chi connectivity index (χ1n) is 1.71. The number of halogens is 1. The molecule has 0 unspecified atom stereocenters. The first-order valence-corrected chi connectivity index (χ1v) is 2.08. The van der Waals surface area contributed by atoms with Crippen molar-refractivity contribution in [3.63, 3.8) is 0 Å². The van der Waals surface area contributed by atoms with Crippen LogP contribution in [0.25, 0.3) is 5.53 Å². The van der Waals surface area contributed by atoms with Crippen molar-refractivity contribution < 1.29 is 4.79 Å². The molecule has 0 bridgehead atoms. The van der Waals surface area contributed by atoms with E-state index < -0.39 is 0 Å². The Hall–Kier alpha value is -1.06. The molecule has 1 heterocycles. The van der Waals surface area contributed by atoms with Crippen molar-refractivity contribution in [3.8, 4) is 0 Å². The van der Waals surface area contributed by atoms with Crippen LogP contribution in [0.1, 0.15) is 0 Å². The van der Waals surface area contributed by atoms with Gasteiger partial charge in [-0.05, 0) is 21.7 Å². The van der Waals surface area contributed by atoms with Crippen LogP contribution < -0.4 is 0 Å². The number of rotatable bonds is 0. The van der Waals surface area contributed by atoms with Crippen LogP contribution in [-0.2, 0) is 0 Å². The summed E-state index contributed by atoms with van der Waals surface area (Å²) in [4.78, 5) is 5.98. The molecule has 0 saturated heterocycles. The van der Waals surface area contributed by atoms with Gasteiger partial charge >= 0.3 is 11.3 Å². The van der Waals surface area contributed by atoms with Crippen molar-refractivity contribution in [1.82, 2.24) is 0 Å². The molecule has 5 nitrogen and oxygen atoms in total. The zero-order valence-electron chi connectivity index (χ0n) is 3.61. The van der Waals surface area contributed by atoms with E-state index in [9.17, 15) is 0 Å². The molecule has 0 aliphatic carbocycles. The van der Waals surface area contributed by atoms with Gasteiger partial charge in [0.15, 0.2) is 0 Å².